The summed E-state index contributed by atoms with van der Waals surface area (Å²) in [6.45, 7) is 0. The van der Waals surface area contributed by atoms with Crippen LogP contribution in [0.15, 0.2) is 0 Å². The summed E-state index contributed by atoms with van der Waals surface area (Å²) in [4.78, 5) is 0. The Labute approximate surface area is 38.1 Å². The van der Waals surface area contributed by atoms with E-state index in [1.54, 1.807) is 0 Å². The van der Waals surface area contributed by atoms with E-state index in [-0.39, 0.29) is 26.3 Å². The smallest absolute Gasteiger partial charge is 0 e. The van der Waals surface area contributed by atoms with Gasteiger partial charge in [0.25, 0.3) is 0 Å². The first-order valence-corrected chi connectivity index (χ1v) is 0.224. The van der Waals surface area contributed by atoms with Gasteiger partial charge in [-0.3, -0.25) is 0 Å². The van der Waals surface area contributed by atoms with E-state index in [0.29, 0.717) is 0 Å². The van der Waals surface area contributed by atoms with E-state index >= 15 is 0 Å². The minimum Gasteiger partial charge on any atom is -0.693 e. The Hall–Kier alpha value is 0.529. The fourth-order valence-electron chi connectivity index (χ4n) is 0. The van der Waals surface area contributed by atoms with Crippen molar-refractivity contribution >= 4 is 0 Å². The molecule has 0 aromatic carbocycles. The van der Waals surface area contributed by atoms with Crippen LogP contribution in [0.3, 0.4) is 0 Å². The molecule has 0 fully saturated rings. The van der Waals surface area contributed by atoms with Gasteiger partial charge in [-0.05, 0) is 0 Å². The first-order chi connectivity index (χ1) is 1.00. The van der Waals surface area contributed by atoms with E-state index < -0.39 is 0 Å². The number of nitrogens with two attached hydrogens (primary N) is 1. The van der Waals surface area contributed by atoms with Crippen molar-refractivity contribution in [1.82, 2.24) is 0 Å². The van der Waals surface area contributed by atoms with Gasteiger partial charge in [0, 0.05) is 20.1 Å². The second-order valence-corrected chi connectivity index (χ2v) is 0. The fourth-order valence-corrected chi connectivity index (χ4v) is 0. The molecule has 0 spiro atoms. The van der Waals surface area contributed by atoms with Crippen molar-refractivity contribution in [1.29, 1.82) is 0 Å². The number of rotatable bonds is 0. The van der Waals surface area contributed by atoms with Gasteiger partial charge in [-0.2, -0.15) is 0 Å². The second-order valence-electron chi connectivity index (χ2n) is 0. The van der Waals surface area contributed by atoms with E-state index in [1.165, 1.54) is 0 Å². The first kappa shape index (κ1) is 24.1. The zero-order chi connectivity index (χ0) is 2.00. The molecule has 4 N–H and O–H groups in total. The molecule has 0 aromatic rings. The van der Waals surface area contributed by atoms with Crippen LogP contribution in [-0.2, 0) is 20.1 Å². The van der Waals surface area contributed by atoms with E-state index in [2.05, 4.69) is 0 Å². The zero-order valence-corrected chi connectivity index (χ0v) is 4.25. The molecule has 0 saturated carbocycles. The van der Waals surface area contributed by atoms with Crippen molar-refractivity contribution in [3.8, 4) is 0 Å². The molecule has 3 nitrogen and oxygen atoms in total. The molecular formula is H4IrN2O-2. The molecule has 4 heavy (non-hydrogen) atoms. The summed E-state index contributed by atoms with van der Waals surface area (Å²) in [7, 11) is 0. The third kappa shape index (κ3) is 21.1. The number of hydrogen-bond donors (Lipinski definition) is 1. The zero-order valence-electron chi connectivity index (χ0n) is 1.86. The molecule has 0 aliphatic heterocycles. The summed E-state index contributed by atoms with van der Waals surface area (Å²) in [5.74, 6) is 4.75. The minimum atomic E-state index is 0. The Balaban J connectivity index is -0.00000000500. The monoisotopic (exact) mass is 241 g/mol. The molecule has 0 aromatic heterocycles. The van der Waals surface area contributed by atoms with Gasteiger partial charge < -0.3 is 17.3 Å². The van der Waals surface area contributed by atoms with Gasteiger partial charge in [-0.15, -0.1) is 0 Å². The maximum absolute atomic E-state index is 6.25. The van der Waals surface area contributed by atoms with Gasteiger partial charge in [0.15, 0.2) is 0 Å². The van der Waals surface area contributed by atoms with Crippen molar-refractivity contribution in [2.75, 3.05) is 0 Å². The van der Waals surface area contributed by atoms with Crippen LogP contribution in [0.25, 0.3) is 12.0 Å². The average Bonchev–Trinajstić information content (AvgIpc) is 1.00. The van der Waals surface area contributed by atoms with Crippen LogP contribution in [0.1, 0.15) is 0 Å². The van der Waals surface area contributed by atoms with Gasteiger partial charge in [0.05, 0.1) is 0 Å². The molecule has 0 heterocycles. The number of nitrogens with one attached hydrogen (secondary N) is 1. The van der Waals surface area contributed by atoms with Crippen molar-refractivity contribution in [2.24, 2.45) is 0 Å². The molecule has 1 radical (unpaired) electrons. The van der Waals surface area contributed by atoms with Gasteiger partial charge >= 0.3 is 0 Å². The van der Waals surface area contributed by atoms with E-state index in [4.69, 9.17) is 11.1 Å². The summed E-state index contributed by atoms with van der Waals surface area (Å²) < 4.78 is 0. The Morgan fingerprint density at radius 3 is 1.25 bits per heavy atom. The molecule has 0 saturated heterocycles. The fraction of sp³-hybridized carbons (Fsp3) is 0. The van der Waals surface area contributed by atoms with Crippen molar-refractivity contribution in [3.05, 3.63) is 12.0 Å². The molecule has 4 heteroatoms. The van der Waals surface area contributed by atoms with Crippen molar-refractivity contribution < 1.29 is 25.3 Å². The van der Waals surface area contributed by atoms with Crippen LogP contribution < -0.4 is 0 Å². The van der Waals surface area contributed by atoms with Crippen LogP contribution in [0.2, 0.25) is 0 Å². The summed E-state index contributed by atoms with van der Waals surface area (Å²) in [5.41, 5.74) is 0. The SMILES string of the molecule is [Ir].[NH-]O.[NH2-]. The average molecular weight is 240 g/mol. The number of hydrogen-bond acceptors (Lipinski definition) is 1. The van der Waals surface area contributed by atoms with Crippen LogP contribution in [0.5, 0.6) is 0 Å². The summed E-state index contributed by atoms with van der Waals surface area (Å²) >= 11 is 0. The summed E-state index contributed by atoms with van der Waals surface area (Å²) in [5, 5.41) is 6.25. The van der Waals surface area contributed by atoms with Crippen LogP contribution in [-0.4, -0.2) is 5.21 Å². The Kier molecular flexibility index (Phi) is 486. The molecule has 0 amide bonds. The largest absolute Gasteiger partial charge is 0.693 e. The van der Waals surface area contributed by atoms with Gasteiger partial charge in [-0.25, -0.2) is 0 Å². The maximum Gasteiger partial charge on any atom is 0 e. The third-order valence-corrected chi connectivity index (χ3v) is 0. The molecule has 0 unspecified atom stereocenters. The topological polar surface area (TPSA) is 77.5 Å². The second kappa shape index (κ2) is 80.6. The standard InChI is InChI=1S/Ir.H2NO.H2N/c;1-2;/h;1-2H;1H2/q;2*-1. The van der Waals surface area contributed by atoms with Gasteiger partial charge in [0.1, 0.15) is 0 Å². The van der Waals surface area contributed by atoms with Crippen LogP contribution in [0.4, 0.5) is 0 Å². The summed E-state index contributed by atoms with van der Waals surface area (Å²) in [6.07, 6.45) is 0. The van der Waals surface area contributed by atoms with Gasteiger partial charge in [-0.1, -0.05) is 0 Å². The maximum atomic E-state index is 6.25. The van der Waals surface area contributed by atoms with E-state index in [9.17, 15) is 0 Å². The Bertz CT molecular complexity index is 6.00. The molecule has 0 bridgehead atoms. The predicted octanol–water partition coefficient (Wildman–Crippen LogP) is 1.14. The summed E-state index contributed by atoms with van der Waals surface area (Å²) in [6, 6.07) is 0. The molecular weight excluding hydrogens is 236 g/mol. The van der Waals surface area contributed by atoms with Crippen LogP contribution in [0, 0.1) is 0 Å². The van der Waals surface area contributed by atoms with Crippen molar-refractivity contribution in [3.63, 3.8) is 0 Å². The third-order valence-electron chi connectivity index (χ3n) is 0. The normalized spacial score (nSPS) is 1.50. The molecule has 0 atom stereocenters. The van der Waals surface area contributed by atoms with E-state index in [1.807, 2.05) is 0 Å². The molecule has 0 aliphatic rings. The molecule has 31 valence electrons. The van der Waals surface area contributed by atoms with E-state index in [0.717, 1.165) is 0 Å². The molecule has 0 rings (SSSR count). The predicted molar refractivity (Wildman–Crippen MR) is 11.4 cm³/mol. The Morgan fingerprint density at radius 2 is 1.25 bits per heavy atom. The van der Waals surface area contributed by atoms with Gasteiger partial charge in [0.2, 0.25) is 0 Å². The van der Waals surface area contributed by atoms with Crippen molar-refractivity contribution in [2.45, 2.75) is 0 Å². The Morgan fingerprint density at radius 1 is 1.25 bits per heavy atom. The minimum absolute atomic E-state index is 0. The molecule has 0 aliphatic carbocycles. The quantitative estimate of drug-likeness (QED) is 0.633. The first-order valence-electron chi connectivity index (χ1n) is 0.224. The van der Waals surface area contributed by atoms with Crippen LogP contribution >= 0.6 is 0 Å².